The molecule has 1 spiro atoms. The smallest absolute Gasteiger partial charge is 0.255 e. The quantitative estimate of drug-likeness (QED) is 0.596. The number of rotatable bonds is 4. The average molecular weight is 491 g/mol. The number of thioether (sulfide) groups is 1. The second kappa shape index (κ2) is 12.4. The van der Waals surface area contributed by atoms with Crippen molar-refractivity contribution in [3.8, 4) is 5.75 Å². The highest BCUT2D eigenvalue weighted by molar-refractivity contribution is 7.98. The summed E-state index contributed by atoms with van der Waals surface area (Å²) in [5.41, 5.74) is 6.08. The van der Waals surface area contributed by atoms with Crippen LogP contribution in [0.2, 0.25) is 0 Å². The first kappa shape index (κ1) is 26.3. The lowest BCUT2D eigenvalue weighted by Crippen LogP contribution is -2.54. The number of carbonyl (C=O) groups excluding carboxylic acids is 3. The molecule has 2 aliphatic heterocycles. The first-order valence-corrected chi connectivity index (χ1v) is 13.6. The van der Waals surface area contributed by atoms with Gasteiger partial charge in [-0.15, -0.1) is 0 Å². The van der Waals surface area contributed by atoms with Crippen LogP contribution in [0.5, 0.6) is 5.75 Å². The third-order valence-electron chi connectivity index (χ3n) is 6.83. The van der Waals surface area contributed by atoms with Crippen molar-refractivity contribution in [2.24, 2.45) is 11.1 Å². The lowest BCUT2D eigenvalue weighted by atomic mass is 9.73. The second-order valence-electron chi connectivity index (χ2n) is 9.39. The molecule has 2 aliphatic rings. The molecule has 1 saturated heterocycles. The zero-order valence-electron chi connectivity index (χ0n) is 20.3. The van der Waals surface area contributed by atoms with Gasteiger partial charge in [-0.25, -0.2) is 0 Å². The highest BCUT2D eigenvalue weighted by Crippen LogP contribution is 2.37. The summed E-state index contributed by atoms with van der Waals surface area (Å²) in [5.74, 6) is 1.22. The maximum Gasteiger partial charge on any atom is 0.255 e. The molecule has 1 fully saturated rings. The van der Waals surface area contributed by atoms with E-state index in [0.717, 1.165) is 25.0 Å². The summed E-state index contributed by atoms with van der Waals surface area (Å²) in [7, 11) is 0. The topological polar surface area (TPSA) is 114 Å². The monoisotopic (exact) mass is 490 g/mol. The van der Waals surface area contributed by atoms with E-state index >= 15 is 0 Å². The number of hydrogen-bond acceptors (Lipinski definition) is 6. The molecule has 0 unspecified atom stereocenters. The maximum atomic E-state index is 13.5. The van der Waals surface area contributed by atoms with Crippen LogP contribution in [0.25, 0.3) is 0 Å². The maximum absolute atomic E-state index is 13.5. The van der Waals surface area contributed by atoms with E-state index in [4.69, 9.17) is 10.5 Å². The van der Waals surface area contributed by atoms with E-state index < -0.39 is 11.5 Å². The lowest BCUT2D eigenvalue weighted by molar-refractivity contribution is -0.142. The predicted octanol–water partition coefficient (Wildman–Crippen LogP) is 2.17. The Bertz CT molecular complexity index is 857. The third kappa shape index (κ3) is 6.66. The second-order valence-corrected chi connectivity index (χ2v) is 10.4. The van der Waals surface area contributed by atoms with Gasteiger partial charge in [0.05, 0.1) is 23.1 Å². The summed E-state index contributed by atoms with van der Waals surface area (Å²) in [5, 5.41) is 6.11. The Morgan fingerprint density at radius 3 is 2.71 bits per heavy atom. The van der Waals surface area contributed by atoms with Crippen LogP contribution in [-0.4, -0.2) is 73.0 Å². The fraction of sp³-hybridized carbons (Fsp3) is 0.640. The summed E-state index contributed by atoms with van der Waals surface area (Å²) in [4.78, 5) is 40.6. The van der Waals surface area contributed by atoms with Gasteiger partial charge in [0.25, 0.3) is 5.91 Å². The van der Waals surface area contributed by atoms with Gasteiger partial charge in [-0.2, -0.15) is 11.8 Å². The van der Waals surface area contributed by atoms with E-state index in [2.05, 4.69) is 10.6 Å². The first-order valence-electron chi connectivity index (χ1n) is 12.2. The van der Waals surface area contributed by atoms with E-state index in [9.17, 15) is 14.4 Å². The highest BCUT2D eigenvalue weighted by atomic mass is 32.2. The Kier molecular flexibility index (Phi) is 9.64. The fourth-order valence-corrected chi connectivity index (χ4v) is 5.14. The van der Waals surface area contributed by atoms with Gasteiger partial charge in [0.15, 0.2) is 0 Å². The van der Waals surface area contributed by atoms with Crippen LogP contribution in [0.15, 0.2) is 24.3 Å². The van der Waals surface area contributed by atoms with Gasteiger partial charge in [-0.1, -0.05) is 18.6 Å². The molecule has 2 atom stereocenters. The van der Waals surface area contributed by atoms with Gasteiger partial charge in [-0.3, -0.25) is 14.4 Å². The van der Waals surface area contributed by atoms with Gasteiger partial charge < -0.3 is 26.0 Å². The molecule has 1 aromatic carbocycles. The molecule has 2 heterocycles. The normalized spacial score (nSPS) is 22.6. The molecule has 0 aliphatic carbocycles. The Morgan fingerprint density at radius 2 is 1.97 bits per heavy atom. The number of nitrogens with two attached hydrogens (primary N) is 1. The molecular formula is C25H38N4O4S. The number of carbonyl (C=O) groups is 3. The molecule has 0 saturated carbocycles. The van der Waals surface area contributed by atoms with Gasteiger partial charge in [0.2, 0.25) is 11.8 Å². The lowest BCUT2D eigenvalue weighted by Gasteiger charge is -2.42. The van der Waals surface area contributed by atoms with Gasteiger partial charge in [0, 0.05) is 19.6 Å². The van der Waals surface area contributed by atoms with Crippen LogP contribution in [0, 0.1) is 5.41 Å². The molecule has 188 valence electrons. The number of hydrogen-bond donors (Lipinski definition) is 3. The number of fused-ring (bicyclic) bond motifs is 1. The van der Waals surface area contributed by atoms with Crippen molar-refractivity contribution in [2.75, 3.05) is 38.2 Å². The molecule has 0 radical (unpaired) electrons. The zero-order valence-corrected chi connectivity index (χ0v) is 21.1. The van der Waals surface area contributed by atoms with Crippen LogP contribution >= 0.6 is 11.8 Å². The number of likely N-dealkylation sites (tertiary alicyclic amines) is 1. The number of amides is 3. The van der Waals surface area contributed by atoms with Crippen molar-refractivity contribution in [3.63, 3.8) is 0 Å². The molecule has 3 amide bonds. The van der Waals surface area contributed by atoms with Crippen molar-refractivity contribution >= 4 is 29.5 Å². The predicted molar refractivity (Wildman–Crippen MR) is 135 cm³/mol. The SMILES string of the molecule is CSCC[C@H](N)C(=O)N1CCC2(CCCCNC(=O)c3ccccc3OC[C@@H](C)NC2=O)CC1. The minimum Gasteiger partial charge on any atom is -0.491 e. The van der Waals surface area contributed by atoms with Crippen LogP contribution in [-0.2, 0) is 9.59 Å². The van der Waals surface area contributed by atoms with Crippen LogP contribution in [0.4, 0.5) is 0 Å². The van der Waals surface area contributed by atoms with Crippen molar-refractivity contribution in [2.45, 2.75) is 57.5 Å². The molecule has 9 heteroatoms. The van der Waals surface area contributed by atoms with Crippen molar-refractivity contribution in [3.05, 3.63) is 29.8 Å². The fourth-order valence-electron chi connectivity index (χ4n) is 4.65. The third-order valence-corrected chi connectivity index (χ3v) is 7.47. The number of para-hydroxylation sites is 1. The standard InChI is InChI=1S/C25H38N4O4S/c1-18-17-33-21-8-4-3-7-19(21)22(30)27-13-6-5-10-25(24(32)28-18)11-14-29(15-12-25)23(31)20(26)9-16-34-2/h3-4,7-8,18,20H,5-6,9-17,26H2,1-2H3,(H,27,30)(H,28,32)/t18-,20+/m1/s1. The van der Waals surface area contributed by atoms with Crippen LogP contribution < -0.4 is 21.1 Å². The van der Waals surface area contributed by atoms with E-state index in [0.29, 0.717) is 50.2 Å². The van der Waals surface area contributed by atoms with Gasteiger partial charge in [-0.05, 0) is 63.2 Å². The molecule has 3 rings (SSSR count). The zero-order chi connectivity index (χ0) is 24.6. The summed E-state index contributed by atoms with van der Waals surface area (Å²) in [6, 6.07) is 6.46. The van der Waals surface area contributed by atoms with Crippen molar-refractivity contribution in [1.82, 2.24) is 15.5 Å². The first-order chi connectivity index (χ1) is 16.4. The van der Waals surface area contributed by atoms with Gasteiger partial charge >= 0.3 is 0 Å². The Balaban J connectivity index is 1.67. The van der Waals surface area contributed by atoms with E-state index in [1.807, 2.05) is 30.2 Å². The van der Waals surface area contributed by atoms with Crippen LogP contribution in [0.1, 0.15) is 55.8 Å². The molecule has 4 N–H and O–H groups in total. The Labute approximate surface area is 206 Å². The minimum absolute atomic E-state index is 0.0201. The Morgan fingerprint density at radius 1 is 1.24 bits per heavy atom. The molecule has 0 aromatic heterocycles. The largest absolute Gasteiger partial charge is 0.491 e. The summed E-state index contributed by atoms with van der Waals surface area (Å²) in [6.07, 6.45) is 6.21. The van der Waals surface area contributed by atoms with E-state index in [-0.39, 0.29) is 30.4 Å². The van der Waals surface area contributed by atoms with Crippen molar-refractivity contribution in [1.29, 1.82) is 0 Å². The average Bonchev–Trinajstić information content (AvgIpc) is 2.85. The Hall–Kier alpha value is -2.26. The number of piperidine rings is 1. The highest BCUT2D eigenvalue weighted by Gasteiger charge is 2.42. The minimum atomic E-state index is -0.527. The summed E-state index contributed by atoms with van der Waals surface area (Å²) in [6.45, 7) is 3.78. The number of ether oxygens (including phenoxy) is 1. The summed E-state index contributed by atoms with van der Waals surface area (Å²) < 4.78 is 5.90. The number of nitrogens with one attached hydrogen (secondary N) is 2. The molecule has 0 bridgehead atoms. The summed E-state index contributed by atoms with van der Waals surface area (Å²) >= 11 is 1.68. The van der Waals surface area contributed by atoms with Gasteiger partial charge in [0.1, 0.15) is 12.4 Å². The number of benzene rings is 1. The molecular weight excluding hydrogens is 452 g/mol. The van der Waals surface area contributed by atoms with E-state index in [1.165, 1.54) is 0 Å². The molecule has 34 heavy (non-hydrogen) atoms. The van der Waals surface area contributed by atoms with Crippen molar-refractivity contribution < 1.29 is 19.1 Å². The van der Waals surface area contributed by atoms with E-state index in [1.54, 1.807) is 23.9 Å². The molecule has 1 aromatic rings. The molecule has 8 nitrogen and oxygen atoms in total. The van der Waals surface area contributed by atoms with Crippen LogP contribution in [0.3, 0.4) is 0 Å². The number of nitrogens with zero attached hydrogens (tertiary/aromatic N) is 1.